The van der Waals surface area contributed by atoms with Crippen LogP contribution in [0.25, 0.3) is 11.3 Å². The topological polar surface area (TPSA) is 68.2 Å². The van der Waals surface area contributed by atoms with Gasteiger partial charge in [0.15, 0.2) is 5.69 Å². The molecule has 1 amide bonds. The molecule has 3 aromatic rings. The molecule has 166 valence electrons. The zero-order valence-corrected chi connectivity index (χ0v) is 19.5. The molecule has 32 heavy (non-hydrogen) atoms. The van der Waals surface area contributed by atoms with Gasteiger partial charge in [-0.05, 0) is 37.5 Å². The van der Waals surface area contributed by atoms with Crippen LogP contribution in [0.3, 0.4) is 0 Å². The van der Waals surface area contributed by atoms with Crippen molar-refractivity contribution in [2.45, 2.75) is 46.0 Å². The Balaban J connectivity index is 1.96. The molecule has 0 saturated heterocycles. The minimum Gasteiger partial charge on any atom is -0.447 e. The number of carbonyl (C=O) groups is 1. The molecule has 1 aromatic heterocycles. The summed E-state index contributed by atoms with van der Waals surface area (Å²) in [7, 11) is 0. The molecular weight excluding hydrogens is 427 g/mol. The molecule has 0 radical (unpaired) electrons. The van der Waals surface area contributed by atoms with E-state index in [0.29, 0.717) is 28.0 Å². The number of hydrogen-bond donors (Lipinski definition) is 0. The molecular formula is C24H25FN4O2S. The molecule has 2 aromatic carbocycles. The van der Waals surface area contributed by atoms with Gasteiger partial charge in [0.25, 0.3) is 0 Å². The van der Waals surface area contributed by atoms with E-state index in [9.17, 15) is 9.18 Å². The Labute approximate surface area is 191 Å². The van der Waals surface area contributed by atoms with Crippen molar-refractivity contribution in [2.75, 3.05) is 10.7 Å². The number of carbonyl (C=O) groups excluding carboxylic acids is 1. The third-order valence-electron chi connectivity index (χ3n) is 5.09. The lowest BCUT2D eigenvalue weighted by atomic mass is 10.00. The summed E-state index contributed by atoms with van der Waals surface area (Å²) in [4.78, 5) is 19.0. The van der Waals surface area contributed by atoms with E-state index in [0.717, 1.165) is 16.9 Å². The van der Waals surface area contributed by atoms with Gasteiger partial charge in [-0.3, -0.25) is 9.69 Å². The maximum Gasteiger partial charge on any atom is 0.247 e. The fraction of sp³-hybridized carbons (Fsp3) is 0.333. The van der Waals surface area contributed by atoms with Crippen LogP contribution < -0.4 is 9.64 Å². The van der Waals surface area contributed by atoms with Gasteiger partial charge in [-0.2, -0.15) is 4.98 Å². The fourth-order valence-electron chi connectivity index (χ4n) is 3.79. The molecule has 4 rings (SSSR count). The lowest BCUT2D eigenvalue weighted by molar-refractivity contribution is -0.118. The van der Waals surface area contributed by atoms with Crippen LogP contribution in [0.1, 0.15) is 43.7 Å². The number of aromatic nitrogens is 3. The molecule has 0 unspecified atom stereocenters. The van der Waals surface area contributed by atoms with Crippen molar-refractivity contribution in [1.29, 1.82) is 0 Å². The Morgan fingerprint density at radius 2 is 1.97 bits per heavy atom. The monoisotopic (exact) mass is 452 g/mol. The molecule has 0 N–H and O–H groups in total. The van der Waals surface area contributed by atoms with Crippen LogP contribution in [-0.4, -0.2) is 26.8 Å². The Hall–Kier alpha value is -3.00. The average Bonchev–Trinajstić information content (AvgIpc) is 2.87. The molecule has 0 fully saturated rings. The second kappa shape index (κ2) is 8.86. The van der Waals surface area contributed by atoms with E-state index in [4.69, 9.17) is 4.74 Å². The zero-order chi connectivity index (χ0) is 23.0. The van der Waals surface area contributed by atoms with Crippen molar-refractivity contribution >= 4 is 23.4 Å². The molecule has 2 heterocycles. The van der Waals surface area contributed by atoms with Crippen molar-refractivity contribution in [3.8, 4) is 17.1 Å². The van der Waals surface area contributed by atoms with Crippen LogP contribution in [-0.2, 0) is 4.79 Å². The summed E-state index contributed by atoms with van der Waals surface area (Å²) < 4.78 is 21.1. The highest BCUT2D eigenvalue weighted by atomic mass is 32.2. The van der Waals surface area contributed by atoms with E-state index in [1.807, 2.05) is 26.0 Å². The Bertz CT molecular complexity index is 1180. The summed E-state index contributed by atoms with van der Waals surface area (Å²) in [6.07, 6.45) is -1.03. The first kappa shape index (κ1) is 22.2. The van der Waals surface area contributed by atoms with Crippen LogP contribution in [0.2, 0.25) is 0 Å². The van der Waals surface area contributed by atoms with E-state index in [1.165, 1.54) is 29.7 Å². The summed E-state index contributed by atoms with van der Waals surface area (Å²) in [6.45, 7) is 9.55. The van der Waals surface area contributed by atoms with Gasteiger partial charge in [0.05, 0.1) is 5.69 Å². The van der Waals surface area contributed by atoms with E-state index in [2.05, 4.69) is 29.0 Å². The number of benzene rings is 2. The number of amides is 1. The van der Waals surface area contributed by atoms with Crippen LogP contribution in [0, 0.1) is 25.6 Å². The minimum absolute atomic E-state index is 0.231. The highest BCUT2D eigenvalue weighted by molar-refractivity contribution is 7.99. The maximum atomic E-state index is 14.9. The van der Waals surface area contributed by atoms with E-state index in [-0.39, 0.29) is 17.4 Å². The SMILES string of the molecule is CC(=O)N1c2c(C)cc(C)cc2-c2nnc(SCC(C)C)nc2O[C@H]1c1ccccc1F. The summed E-state index contributed by atoms with van der Waals surface area (Å²) in [5.74, 6) is 0.769. The van der Waals surface area contributed by atoms with Crippen molar-refractivity contribution in [3.05, 3.63) is 58.9 Å². The van der Waals surface area contributed by atoms with Gasteiger partial charge in [-0.15, -0.1) is 10.2 Å². The number of aryl methyl sites for hydroxylation is 2. The molecule has 0 aliphatic carbocycles. The van der Waals surface area contributed by atoms with Crippen LogP contribution in [0.5, 0.6) is 5.88 Å². The Morgan fingerprint density at radius 1 is 1.22 bits per heavy atom. The quantitative estimate of drug-likeness (QED) is 0.488. The van der Waals surface area contributed by atoms with E-state index < -0.39 is 12.0 Å². The number of hydrogen-bond acceptors (Lipinski definition) is 6. The minimum atomic E-state index is -1.03. The summed E-state index contributed by atoms with van der Waals surface area (Å²) in [6, 6.07) is 10.2. The third kappa shape index (κ3) is 4.19. The maximum absolute atomic E-state index is 14.9. The molecule has 1 aliphatic heterocycles. The Kier molecular flexibility index (Phi) is 6.15. The number of nitrogens with zero attached hydrogens (tertiary/aromatic N) is 4. The summed E-state index contributed by atoms with van der Waals surface area (Å²) in [5, 5.41) is 9.21. The van der Waals surface area contributed by atoms with Gasteiger partial charge < -0.3 is 4.74 Å². The van der Waals surface area contributed by atoms with Crippen molar-refractivity contribution in [1.82, 2.24) is 15.2 Å². The highest BCUT2D eigenvalue weighted by Crippen LogP contribution is 2.45. The fourth-order valence-corrected chi connectivity index (χ4v) is 4.52. The first-order chi connectivity index (χ1) is 15.3. The van der Waals surface area contributed by atoms with Crippen LogP contribution >= 0.6 is 11.8 Å². The standard InChI is InChI=1S/C24H25FN4O2S/c1-13(2)12-32-24-26-22-20(27-28-24)18-11-14(3)10-15(4)21(18)29(16(5)30)23(31-22)17-8-6-7-9-19(17)25/h6-11,13,23H,12H2,1-5H3/t23-/m0/s1. The summed E-state index contributed by atoms with van der Waals surface area (Å²) >= 11 is 1.48. The molecule has 6 nitrogen and oxygen atoms in total. The largest absolute Gasteiger partial charge is 0.447 e. The van der Waals surface area contributed by atoms with Crippen molar-refractivity contribution < 1.29 is 13.9 Å². The number of rotatable bonds is 4. The zero-order valence-electron chi connectivity index (χ0n) is 18.7. The van der Waals surface area contributed by atoms with E-state index >= 15 is 0 Å². The molecule has 0 spiro atoms. The van der Waals surface area contributed by atoms with Gasteiger partial charge in [0.1, 0.15) is 5.82 Å². The van der Waals surface area contributed by atoms with Gasteiger partial charge in [0, 0.05) is 23.8 Å². The van der Waals surface area contributed by atoms with E-state index in [1.54, 1.807) is 18.2 Å². The molecule has 0 bridgehead atoms. The second-order valence-electron chi connectivity index (χ2n) is 8.31. The van der Waals surface area contributed by atoms with Gasteiger partial charge >= 0.3 is 0 Å². The normalized spacial score (nSPS) is 15.1. The van der Waals surface area contributed by atoms with Crippen LogP contribution in [0.4, 0.5) is 10.1 Å². The predicted molar refractivity (Wildman–Crippen MR) is 123 cm³/mol. The predicted octanol–water partition coefficient (Wildman–Crippen LogP) is 5.49. The smallest absolute Gasteiger partial charge is 0.247 e. The number of halogens is 1. The first-order valence-electron chi connectivity index (χ1n) is 10.5. The number of fused-ring (bicyclic) bond motifs is 3. The van der Waals surface area contributed by atoms with Gasteiger partial charge in [-0.1, -0.05) is 55.4 Å². The molecule has 1 aliphatic rings. The lowest BCUT2D eigenvalue weighted by Gasteiger charge is -2.31. The number of ether oxygens (including phenoxy) is 1. The van der Waals surface area contributed by atoms with Crippen LogP contribution in [0.15, 0.2) is 41.6 Å². The van der Waals surface area contributed by atoms with Gasteiger partial charge in [0.2, 0.25) is 23.2 Å². The lowest BCUT2D eigenvalue weighted by Crippen LogP contribution is -2.37. The Morgan fingerprint density at radius 3 is 2.66 bits per heavy atom. The average molecular weight is 453 g/mol. The second-order valence-corrected chi connectivity index (χ2v) is 9.30. The summed E-state index contributed by atoms with van der Waals surface area (Å²) in [5.41, 5.74) is 3.84. The molecule has 0 saturated carbocycles. The van der Waals surface area contributed by atoms with Crippen molar-refractivity contribution in [3.63, 3.8) is 0 Å². The first-order valence-corrected chi connectivity index (χ1v) is 11.4. The highest BCUT2D eigenvalue weighted by Gasteiger charge is 2.37. The molecule has 8 heteroatoms. The number of thioether (sulfide) groups is 1. The van der Waals surface area contributed by atoms with Crippen molar-refractivity contribution in [2.24, 2.45) is 5.92 Å². The molecule has 1 atom stereocenters. The number of anilines is 1. The third-order valence-corrected chi connectivity index (χ3v) is 6.35. The van der Waals surface area contributed by atoms with Gasteiger partial charge in [-0.25, -0.2) is 4.39 Å².